The van der Waals surface area contributed by atoms with Gasteiger partial charge in [0.25, 0.3) is 0 Å². The standard InChI is InChI=1S/C20H39NO2Si/c1-10-11-12-18(22)20(5)14-13-16(15-17(20)21(6)7)23-24(8,9)19(2,3)4/h10-11,15,17-18,22H,12-14H2,1-9H3/b11-10+/t17-,18-,20+/m1/s1. The Hall–Kier alpha value is -0.583. The van der Waals surface area contributed by atoms with Crippen molar-refractivity contribution in [2.45, 2.75) is 84.2 Å². The Morgan fingerprint density at radius 2 is 2.00 bits per heavy atom. The number of nitrogens with zero attached hydrogens (tertiary/aromatic N) is 1. The fraction of sp³-hybridized carbons (Fsp3) is 0.800. The van der Waals surface area contributed by atoms with Crippen LogP contribution in [0.1, 0.15) is 53.9 Å². The molecule has 3 nitrogen and oxygen atoms in total. The minimum Gasteiger partial charge on any atom is -0.547 e. The van der Waals surface area contributed by atoms with Crippen LogP contribution in [-0.2, 0) is 4.43 Å². The highest BCUT2D eigenvalue weighted by Gasteiger charge is 2.45. The Kier molecular flexibility index (Phi) is 6.93. The number of aliphatic hydroxyl groups excluding tert-OH is 1. The van der Waals surface area contributed by atoms with Gasteiger partial charge in [0, 0.05) is 17.9 Å². The quantitative estimate of drug-likeness (QED) is 0.542. The van der Waals surface area contributed by atoms with Crippen LogP contribution in [0.5, 0.6) is 0 Å². The molecular weight excluding hydrogens is 314 g/mol. The Morgan fingerprint density at radius 1 is 1.42 bits per heavy atom. The van der Waals surface area contributed by atoms with Crippen molar-refractivity contribution in [1.29, 1.82) is 0 Å². The lowest BCUT2D eigenvalue weighted by Crippen LogP contribution is -2.51. The second-order valence-electron chi connectivity index (χ2n) is 9.23. The average Bonchev–Trinajstić information content (AvgIpc) is 2.45. The van der Waals surface area contributed by atoms with E-state index in [1.165, 1.54) is 0 Å². The third kappa shape index (κ3) is 4.74. The zero-order valence-corrected chi connectivity index (χ0v) is 18.3. The van der Waals surface area contributed by atoms with Crippen LogP contribution < -0.4 is 0 Å². The summed E-state index contributed by atoms with van der Waals surface area (Å²) in [7, 11) is 2.38. The van der Waals surface area contributed by atoms with Gasteiger partial charge in [-0.05, 0) is 58.1 Å². The van der Waals surface area contributed by atoms with Gasteiger partial charge in [-0.25, -0.2) is 0 Å². The SMILES string of the molecule is C/C=C/C[C@@H](O)[C@@]1(C)CCC(O[Si](C)(C)C(C)(C)C)=C[C@H]1N(C)C. The van der Waals surface area contributed by atoms with Crippen molar-refractivity contribution in [3.8, 4) is 0 Å². The summed E-state index contributed by atoms with van der Waals surface area (Å²) in [6.07, 6.45) is 8.59. The van der Waals surface area contributed by atoms with Crippen molar-refractivity contribution in [3.63, 3.8) is 0 Å². The molecule has 3 atom stereocenters. The summed E-state index contributed by atoms with van der Waals surface area (Å²) < 4.78 is 6.56. The third-order valence-corrected chi connectivity index (χ3v) is 10.4. The molecule has 0 radical (unpaired) electrons. The monoisotopic (exact) mass is 353 g/mol. The smallest absolute Gasteiger partial charge is 0.250 e. The van der Waals surface area contributed by atoms with Crippen LogP contribution in [-0.4, -0.2) is 44.6 Å². The Labute approximate surface area is 150 Å². The van der Waals surface area contributed by atoms with Crippen molar-refractivity contribution in [2.24, 2.45) is 5.41 Å². The van der Waals surface area contributed by atoms with E-state index in [4.69, 9.17) is 4.43 Å². The Morgan fingerprint density at radius 3 is 2.46 bits per heavy atom. The summed E-state index contributed by atoms with van der Waals surface area (Å²) in [4.78, 5) is 2.22. The van der Waals surface area contributed by atoms with Crippen LogP contribution in [0.4, 0.5) is 0 Å². The highest BCUT2D eigenvalue weighted by atomic mass is 28.4. The molecular formula is C20H39NO2Si. The molecule has 0 aliphatic heterocycles. The van der Waals surface area contributed by atoms with Crippen LogP contribution in [0.15, 0.2) is 24.0 Å². The fourth-order valence-electron chi connectivity index (χ4n) is 3.19. The highest BCUT2D eigenvalue weighted by molar-refractivity contribution is 6.74. The van der Waals surface area contributed by atoms with E-state index in [-0.39, 0.29) is 22.6 Å². The van der Waals surface area contributed by atoms with Gasteiger partial charge in [-0.3, -0.25) is 0 Å². The second-order valence-corrected chi connectivity index (χ2v) is 14.0. The summed E-state index contributed by atoms with van der Waals surface area (Å²) in [5.41, 5.74) is -0.150. The molecule has 0 aromatic heterocycles. The zero-order valence-electron chi connectivity index (χ0n) is 17.3. The largest absolute Gasteiger partial charge is 0.547 e. The van der Waals surface area contributed by atoms with Crippen LogP contribution in [0.3, 0.4) is 0 Å². The van der Waals surface area contributed by atoms with Gasteiger partial charge in [0.05, 0.1) is 11.9 Å². The topological polar surface area (TPSA) is 32.7 Å². The van der Waals surface area contributed by atoms with E-state index in [1.54, 1.807) is 0 Å². The van der Waals surface area contributed by atoms with Gasteiger partial charge >= 0.3 is 0 Å². The maximum absolute atomic E-state index is 10.8. The molecule has 0 aromatic rings. The minimum absolute atomic E-state index is 0.150. The summed E-state index contributed by atoms with van der Waals surface area (Å²) >= 11 is 0. The number of aliphatic hydroxyl groups is 1. The van der Waals surface area contributed by atoms with Crippen LogP contribution in [0, 0.1) is 5.41 Å². The molecule has 1 aliphatic rings. The maximum Gasteiger partial charge on any atom is 0.250 e. The van der Waals surface area contributed by atoms with Crippen LogP contribution in [0.2, 0.25) is 18.1 Å². The van der Waals surface area contributed by atoms with E-state index >= 15 is 0 Å². The van der Waals surface area contributed by atoms with E-state index in [1.807, 2.05) is 13.0 Å². The fourth-order valence-corrected chi connectivity index (χ4v) is 4.32. The van der Waals surface area contributed by atoms with E-state index < -0.39 is 8.32 Å². The second kappa shape index (κ2) is 7.75. The number of hydrogen-bond donors (Lipinski definition) is 1. The molecule has 0 saturated carbocycles. The normalized spacial score (nSPS) is 27.5. The van der Waals surface area contributed by atoms with Crippen molar-refractivity contribution >= 4 is 8.32 Å². The first-order chi connectivity index (χ1) is 10.8. The molecule has 1 rings (SSSR count). The average molecular weight is 354 g/mol. The molecule has 0 aromatic carbocycles. The van der Waals surface area contributed by atoms with Gasteiger partial charge in [-0.15, -0.1) is 0 Å². The van der Waals surface area contributed by atoms with Crippen LogP contribution >= 0.6 is 0 Å². The molecule has 0 amide bonds. The summed E-state index contributed by atoms with van der Waals surface area (Å²) in [5.74, 6) is 1.12. The molecule has 1 aliphatic carbocycles. The lowest BCUT2D eigenvalue weighted by atomic mass is 9.69. The molecule has 24 heavy (non-hydrogen) atoms. The molecule has 1 N–H and O–H groups in total. The lowest BCUT2D eigenvalue weighted by Gasteiger charge is -2.47. The van der Waals surface area contributed by atoms with Crippen molar-refractivity contribution in [1.82, 2.24) is 4.90 Å². The number of likely N-dealkylation sites (N-methyl/N-ethyl adjacent to an activating group) is 1. The van der Waals surface area contributed by atoms with E-state index in [0.29, 0.717) is 6.42 Å². The maximum atomic E-state index is 10.8. The first-order valence-electron chi connectivity index (χ1n) is 9.20. The minimum atomic E-state index is -1.81. The molecule has 0 bridgehead atoms. The van der Waals surface area contributed by atoms with E-state index in [2.05, 4.69) is 71.9 Å². The van der Waals surface area contributed by atoms with Crippen molar-refractivity contribution in [2.75, 3.05) is 14.1 Å². The van der Waals surface area contributed by atoms with Gasteiger partial charge in [0.2, 0.25) is 8.32 Å². The van der Waals surface area contributed by atoms with Crippen molar-refractivity contribution < 1.29 is 9.53 Å². The first kappa shape index (κ1) is 21.5. The highest BCUT2D eigenvalue weighted by Crippen LogP contribution is 2.44. The van der Waals surface area contributed by atoms with Gasteiger partial charge < -0.3 is 14.4 Å². The number of hydrogen-bond acceptors (Lipinski definition) is 3. The molecule has 140 valence electrons. The molecule has 0 heterocycles. The third-order valence-electron chi connectivity index (χ3n) is 6.03. The molecule has 0 unspecified atom stereocenters. The Balaban J connectivity index is 3.05. The lowest BCUT2D eigenvalue weighted by molar-refractivity contribution is -0.0175. The van der Waals surface area contributed by atoms with E-state index in [9.17, 15) is 5.11 Å². The van der Waals surface area contributed by atoms with Gasteiger partial charge in [0.1, 0.15) is 0 Å². The van der Waals surface area contributed by atoms with Crippen molar-refractivity contribution in [3.05, 3.63) is 24.0 Å². The molecule has 4 heteroatoms. The number of rotatable bonds is 6. The summed E-state index contributed by atoms with van der Waals surface area (Å²) in [6, 6.07) is 0.186. The predicted octanol–water partition coefficient (Wildman–Crippen LogP) is 4.95. The first-order valence-corrected chi connectivity index (χ1v) is 12.1. The van der Waals surface area contributed by atoms with Gasteiger partial charge in [-0.1, -0.05) is 39.8 Å². The van der Waals surface area contributed by atoms with E-state index in [0.717, 1.165) is 18.6 Å². The van der Waals surface area contributed by atoms with Gasteiger partial charge in [-0.2, -0.15) is 0 Å². The van der Waals surface area contributed by atoms with Gasteiger partial charge in [0.15, 0.2) is 0 Å². The summed E-state index contributed by atoms with van der Waals surface area (Å²) in [6.45, 7) is 15.6. The number of allylic oxidation sites excluding steroid dienone is 2. The zero-order chi connectivity index (χ0) is 18.8. The Bertz CT molecular complexity index is 477. The molecule has 0 saturated heterocycles. The summed E-state index contributed by atoms with van der Waals surface area (Å²) in [5, 5.41) is 11.0. The predicted molar refractivity (Wildman–Crippen MR) is 107 cm³/mol. The molecule has 0 fully saturated rings. The van der Waals surface area contributed by atoms with Crippen LogP contribution in [0.25, 0.3) is 0 Å². The molecule has 0 spiro atoms.